The summed E-state index contributed by atoms with van der Waals surface area (Å²) < 4.78 is 6.11. The number of methoxy groups -OCH3 is 1. The molecule has 3 nitrogen and oxygen atoms in total. The molecule has 0 aliphatic rings. The summed E-state index contributed by atoms with van der Waals surface area (Å²) in [6.07, 6.45) is 0. The highest BCUT2D eigenvalue weighted by atomic mass is 79.9. The molecule has 0 heterocycles. The molecule has 2 aromatic carbocycles. The summed E-state index contributed by atoms with van der Waals surface area (Å²) in [5.41, 5.74) is 9.96. The van der Waals surface area contributed by atoms with Crippen LogP contribution in [0.25, 0.3) is 0 Å². The minimum absolute atomic E-state index is 0.756. The number of halogens is 1. The third-order valence-electron chi connectivity index (χ3n) is 3.00. The highest BCUT2D eigenvalue weighted by Crippen LogP contribution is 2.28. The van der Waals surface area contributed by atoms with Gasteiger partial charge in [-0.2, -0.15) is 0 Å². The van der Waals surface area contributed by atoms with Crippen molar-refractivity contribution in [2.75, 3.05) is 18.2 Å². The van der Waals surface area contributed by atoms with E-state index < -0.39 is 0 Å². The summed E-state index contributed by atoms with van der Waals surface area (Å²) in [6.45, 7) is 2.76. The maximum Gasteiger partial charge on any atom is 0.118 e. The van der Waals surface area contributed by atoms with Crippen LogP contribution in [0.2, 0.25) is 0 Å². The van der Waals surface area contributed by atoms with Crippen LogP contribution >= 0.6 is 15.9 Å². The number of hydrogen-bond donors (Lipinski definition) is 2. The lowest BCUT2D eigenvalue weighted by Gasteiger charge is -2.11. The predicted octanol–water partition coefficient (Wildman–Crippen LogP) is 3.96. The standard InChI is InChI=1S/C15H17BrN2O/c1-10-7-15(13(16)8-14(10)17)18-9-11-3-5-12(19-2)6-4-11/h3-8,18H,9,17H2,1-2H3. The Morgan fingerprint density at radius 1 is 1.21 bits per heavy atom. The zero-order valence-corrected chi connectivity index (χ0v) is 12.6. The van der Waals surface area contributed by atoms with Gasteiger partial charge in [0.2, 0.25) is 0 Å². The second-order valence-corrected chi connectivity index (χ2v) is 5.24. The molecule has 0 bridgehead atoms. The molecule has 0 fully saturated rings. The summed E-state index contributed by atoms with van der Waals surface area (Å²) >= 11 is 3.52. The minimum Gasteiger partial charge on any atom is -0.497 e. The van der Waals surface area contributed by atoms with Crippen LogP contribution in [0.1, 0.15) is 11.1 Å². The van der Waals surface area contributed by atoms with Crippen molar-refractivity contribution in [3.8, 4) is 5.75 Å². The third-order valence-corrected chi connectivity index (χ3v) is 3.65. The third kappa shape index (κ3) is 3.41. The van der Waals surface area contributed by atoms with E-state index in [1.54, 1.807) is 7.11 Å². The molecule has 0 aliphatic heterocycles. The normalized spacial score (nSPS) is 10.3. The van der Waals surface area contributed by atoms with Crippen molar-refractivity contribution in [1.82, 2.24) is 0 Å². The number of aryl methyl sites for hydroxylation is 1. The van der Waals surface area contributed by atoms with Gasteiger partial charge in [-0.3, -0.25) is 0 Å². The Kier molecular flexibility index (Phi) is 4.32. The molecule has 19 heavy (non-hydrogen) atoms. The van der Waals surface area contributed by atoms with Gasteiger partial charge in [0.1, 0.15) is 5.75 Å². The van der Waals surface area contributed by atoms with Gasteiger partial charge in [-0.15, -0.1) is 0 Å². The van der Waals surface area contributed by atoms with Gasteiger partial charge in [0, 0.05) is 22.4 Å². The van der Waals surface area contributed by atoms with E-state index in [0.717, 1.165) is 33.7 Å². The van der Waals surface area contributed by atoms with E-state index in [-0.39, 0.29) is 0 Å². The fourth-order valence-corrected chi connectivity index (χ4v) is 2.27. The highest BCUT2D eigenvalue weighted by Gasteiger charge is 2.03. The quantitative estimate of drug-likeness (QED) is 0.838. The second kappa shape index (κ2) is 5.97. The number of ether oxygens (including phenoxy) is 1. The Hall–Kier alpha value is -1.68. The molecule has 0 saturated heterocycles. The number of nitrogen functional groups attached to an aromatic ring is 1. The number of nitrogens with one attached hydrogen (secondary N) is 1. The number of rotatable bonds is 4. The fraction of sp³-hybridized carbons (Fsp3) is 0.200. The molecular formula is C15H17BrN2O. The summed E-state index contributed by atoms with van der Waals surface area (Å²) in [5, 5.41) is 3.39. The number of benzene rings is 2. The lowest BCUT2D eigenvalue weighted by Crippen LogP contribution is -2.01. The Labute approximate surface area is 121 Å². The average Bonchev–Trinajstić information content (AvgIpc) is 2.42. The summed E-state index contributed by atoms with van der Waals surface area (Å²) in [5.74, 6) is 0.869. The van der Waals surface area contributed by atoms with Crippen molar-refractivity contribution < 1.29 is 4.74 Å². The molecule has 4 heteroatoms. The lowest BCUT2D eigenvalue weighted by atomic mass is 10.1. The molecular weight excluding hydrogens is 304 g/mol. The smallest absolute Gasteiger partial charge is 0.118 e. The van der Waals surface area contributed by atoms with Gasteiger partial charge < -0.3 is 15.8 Å². The zero-order chi connectivity index (χ0) is 13.8. The Balaban J connectivity index is 2.07. The van der Waals surface area contributed by atoms with Crippen LogP contribution in [0.15, 0.2) is 40.9 Å². The second-order valence-electron chi connectivity index (χ2n) is 4.39. The fourth-order valence-electron chi connectivity index (χ4n) is 1.77. The van der Waals surface area contributed by atoms with E-state index in [4.69, 9.17) is 10.5 Å². The molecule has 2 rings (SSSR count). The van der Waals surface area contributed by atoms with E-state index in [0.29, 0.717) is 0 Å². The van der Waals surface area contributed by atoms with Crippen LogP contribution in [0.5, 0.6) is 5.75 Å². The average molecular weight is 321 g/mol. The highest BCUT2D eigenvalue weighted by molar-refractivity contribution is 9.10. The van der Waals surface area contributed by atoms with Gasteiger partial charge in [0.05, 0.1) is 7.11 Å². The van der Waals surface area contributed by atoms with Gasteiger partial charge >= 0.3 is 0 Å². The maximum absolute atomic E-state index is 5.86. The molecule has 2 aromatic rings. The molecule has 0 radical (unpaired) electrons. The van der Waals surface area contributed by atoms with Crippen molar-refractivity contribution in [2.45, 2.75) is 13.5 Å². The van der Waals surface area contributed by atoms with E-state index in [1.807, 2.05) is 43.3 Å². The monoisotopic (exact) mass is 320 g/mol. The van der Waals surface area contributed by atoms with Gasteiger partial charge in [0.15, 0.2) is 0 Å². The first kappa shape index (κ1) is 13.7. The first-order chi connectivity index (χ1) is 9.10. The molecule has 0 spiro atoms. The van der Waals surface area contributed by atoms with Crippen LogP contribution in [0.3, 0.4) is 0 Å². The Morgan fingerprint density at radius 2 is 1.89 bits per heavy atom. The molecule has 0 aliphatic carbocycles. The number of anilines is 2. The molecule has 0 saturated carbocycles. The molecule has 100 valence electrons. The van der Waals surface area contributed by atoms with E-state index in [2.05, 4.69) is 21.2 Å². The maximum atomic E-state index is 5.86. The molecule has 0 aromatic heterocycles. The number of nitrogens with two attached hydrogens (primary N) is 1. The van der Waals surface area contributed by atoms with Crippen LogP contribution in [-0.4, -0.2) is 7.11 Å². The van der Waals surface area contributed by atoms with Crippen molar-refractivity contribution in [2.24, 2.45) is 0 Å². The predicted molar refractivity (Wildman–Crippen MR) is 83.6 cm³/mol. The lowest BCUT2D eigenvalue weighted by molar-refractivity contribution is 0.414. The van der Waals surface area contributed by atoms with Crippen LogP contribution in [0, 0.1) is 6.92 Å². The van der Waals surface area contributed by atoms with Gasteiger partial charge in [-0.05, 0) is 58.2 Å². The van der Waals surface area contributed by atoms with Gasteiger partial charge in [-0.25, -0.2) is 0 Å². The molecule has 3 N–H and O–H groups in total. The Morgan fingerprint density at radius 3 is 2.53 bits per heavy atom. The van der Waals surface area contributed by atoms with E-state index in [9.17, 15) is 0 Å². The van der Waals surface area contributed by atoms with Crippen molar-refractivity contribution >= 4 is 27.3 Å². The largest absolute Gasteiger partial charge is 0.497 e. The summed E-state index contributed by atoms with van der Waals surface area (Å²) in [4.78, 5) is 0. The Bertz CT molecular complexity index is 567. The minimum atomic E-state index is 0.756. The van der Waals surface area contributed by atoms with Gasteiger partial charge in [0.25, 0.3) is 0 Å². The summed E-state index contributed by atoms with van der Waals surface area (Å²) in [7, 11) is 1.67. The van der Waals surface area contributed by atoms with E-state index >= 15 is 0 Å². The first-order valence-corrected chi connectivity index (χ1v) is 6.82. The first-order valence-electron chi connectivity index (χ1n) is 6.02. The van der Waals surface area contributed by atoms with Gasteiger partial charge in [-0.1, -0.05) is 12.1 Å². The topological polar surface area (TPSA) is 47.3 Å². The van der Waals surface area contributed by atoms with Crippen molar-refractivity contribution in [1.29, 1.82) is 0 Å². The van der Waals surface area contributed by atoms with Crippen LogP contribution in [-0.2, 0) is 6.54 Å². The van der Waals surface area contributed by atoms with Crippen LogP contribution in [0.4, 0.5) is 11.4 Å². The van der Waals surface area contributed by atoms with Crippen molar-refractivity contribution in [3.63, 3.8) is 0 Å². The molecule has 0 unspecified atom stereocenters. The molecule has 0 amide bonds. The van der Waals surface area contributed by atoms with Crippen molar-refractivity contribution in [3.05, 3.63) is 52.0 Å². The zero-order valence-electron chi connectivity index (χ0n) is 11.0. The molecule has 0 atom stereocenters. The van der Waals surface area contributed by atoms with E-state index in [1.165, 1.54) is 5.56 Å². The summed E-state index contributed by atoms with van der Waals surface area (Å²) in [6, 6.07) is 12.0. The SMILES string of the molecule is COc1ccc(CNc2cc(C)c(N)cc2Br)cc1. The van der Waals surface area contributed by atoms with Crippen LogP contribution < -0.4 is 15.8 Å². The number of hydrogen-bond acceptors (Lipinski definition) is 3.